The number of rotatable bonds is 3. The SMILES string of the molecule is CC1(C)CC(C)(C(=O)Nc2cnc(-n3cc(C#N)cn3)c(Cl)c2)c2cnc3cc(Cl)nn3c21. The van der Waals surface area contributed by atoms with Gasteiger partial charge in [-0.1, -0.05) is 37.0 Å². The summed E-state index contributed by atoms with van der Waals surface area (Å²) in [5.41, 5.74) is 2.00. The molecule has 9 nitrogen and oxygen atoms in total. The van der Waals surface area contributed by atoms with Gasteiger partial charge in [0.1, 0.15) is 6.07 Å². The summed E-state index contributed by atoms with van der Waals surface area (Å²) in [6.45, 7) is 6.05. The third kappa shape index (κ3) is 3.34. The first kappa shape index (κ1) is 21.4. The van der Waals surface area contributed by atoms with Crippen LogP contribution in [0, 0.1) is 11.3 Å². The minimum absolute atomic E-state index is 0.204. The zero-order valence-corrected chi connectivity index (χ0v) is 19.5. The highest BCUT2D eigenvalue weighted by Crippen LogP contribution is 2.49. The minimum Gasteiger partial charge on any atom is -0.324 e. The number of carbonyl (C=O) groups is 1. The largest absolute Gasteiger partial charge is 0.324 e. The molecule has 33 heavy (non-hydrogen) atoms. The molecule has 1 amide bonds. The van der Waals surface area contributed by atoms with E-state index in [1.165, 1.54) is 23.3 Å². The Kier molecular flexibility index (Phi) is 4.71. The maximum absolute atomic E-state index is 13.5. The Bertz CT molecular complexity index is 1480. The molecule has 0 bridgehead atoms. The average Bonchev–Trinajstić information content (AvgIpc) is 3.42. The van der Waals surface area contributed by atoms with Gasteiger partial charge in [0.25, 0.3) is 0 Å². The number of nitrogens with one attached hydrogen (secondary N) is 1. The Morgan fingerprint density at radius 2 is 1.97 bits per heavy atom. The van der Waals surface area contributed by atoms with Crippen LogP contribution in [0.2, 0.25) is 10.2 Å². The molecule has 1 aliphatic carbocycles. The van der Waals surface area contributed by atoms with Gasteiger partial charge in [-0.15, -0.1) is 0 Å². The molecule has 0 radical (unpaired) electrons. The number of pyridine rings is 1. The molecule has 0 saturated heterocycles. The van der Waals surface area contributed by atoms with Gasteiger partial charge in [-0.05, 0) is 19.4 Å². The molecule has 166 valence electrons. The Balaban J connectivity index is 1.48. The van der Waals surface area contributed by atoms with Crippen LogP contribution in [0.1, 0.15) is 44.0 Å². The van der Waals surface area contributed by atoms with Gasteiger partial charge in [-0.2, -0.15) is 15.5 Å². The Morgan fingerprint density at radius 3 is 2.67 bits per heavy atom. The number of carbonyl (C=O) groups excluding carboxylic acids is 1. The van der Waals surface area contributed by atoms with Crippen molar-refractivity contribution in [3.05, 3.63) is 63.9 Å². The van der Waals surface area contributed by atoms with Gasteiger partial charge in [-0.25, -0.2) is 19.2 Å². The summed E-state index contributed by atoms with van der Waals surface area (Å²) >= 11 is 12.5. The maximum atomic E-state index is 13.5. The fourth-order valence-electron chi connectivity index (χ4n) is 4.66. The molecule has 0 aromatic carbocycles. The number of hydrogen-bond donors (Lipinski definition) is 1. The third-order valence-electron chi connectivity index (χ3n) is 5.99. The van der Waals surface area contributed by atoms with Gasteiger partial charge in [0.15, 0.2) is 16.6 Å². The average molecular weight is 481 g/mol. The van der Waals surface area contributed by atoms with E-state index in [2.05, 4.69) is 39.3 Å². The quantitative estimate of drug-likeness (QED) is 0.472. The summed E-state index contributed by atoms with van der Waals surface area (Å²) in [6.07, 6.45) is 6.75. The smallest absolute Gasteiger partial charge is 0.234 e. The molecule has 0 fully saturated rings. The monoisotopic (exact) mass is 480 g/mol. The van der Waals surface area contributed by atoms with Crippen molar-refractivity contribution in [2.75, 3.05) is 5.32 Å². The molecule has 11 heteroatoms. The maximum Gasteiger partial charge on any atom is 0.234 e. The number of hydrogen-bond acceptors (Lipinski definition) is 6. The molecule has 4 aromatic heterocycles. The van der Waals surface area contributed by atoms with E-state index < -0.39 is 5.41 Å². The molecular weight excluding hydrogens is 463 g/mol. The summed E-state index contributed by atoms with van der Waals surface area (Å²) in [5, 5.41) is 21.0. The molecule has 0 saturated carbocycles. The topological polar surface area (TPSA) is 114 Å². The van der Waals surface area contributed by atoms with Gasteiger partial charge in [-0.3, -0.25) is 4.79 Å². The van der Waals surface area contributed by atoms with Crippen molar-refractivity contribution in [2.24, 2.45) is 0 Å². The molecule has 0 spiro atoms. The highest BCUT2D eigenvalue weighted by molar-refractivity contribution is 6.32. The summed E-state index contributed by atoms with van der Waals surface area (Å²) in [5.74, 6) is 0.155. The normalized spacial score (nSPS) is 18.8. The fourth-order valence-corrected chi connectivity index (χ4v) is 5.09. The van der Waals surface area contributed by atoms with E-state index in [0.717, 1.165) is 11.3 Å². The zero-order chi connectivity index (χ0) is 23.5. The predicted molar refractivity (Wildman–Crippen MR) is 123 cm³/mol. The van der Waals surface area contributed by atoms with Crippen molar-refractivity contribution in [2.45, 2.75) is 38.0 Å². The lowest BCUT2D eigenvalue weighted by molar-refractivity contribution is -0.121. The number of nitrogens with zero attached hydrogens (tertiary/aromatic N) is 7. The third-order valence-corrected chi connectivity index (χ3v) is 6.46. The van der Waals surface area contributed by atoms with Crippen molar-refractivity contribution < 1.29 is 4.79 Å². The first-order valence-corrected chi connectivity index (χ1v) is 10.9. The van der Waals surface area contributed by atoms with Crippen LogP contribution in [0.3, 0.4) is 0 Å². The van der Waals surface area contributed by atoms with Gasteiger partial charge in [0.05, 0.1) is 46.0 Å². The molecule has 0 aliphatic heterocycles. The van der Waals surface area contributed by atoms with Gasteiger partial charge in [0, 0.05) is 23.2 Å². The Labute approximate surface area is 199 Å². The van der Waals surface area contributed by atoms with Crippen LogP contribution in [0.25, 0.3) is 11.5 Å². The summed E-state index contributed by atoms with van der Waals surface area (Å²) in [7, 11) is 0. The predicted octanol–water partition coefficient (Wildman–Crippen LogP) is 4.07. The first-order chi connectivity index (χ1) is 15.6. The van der Waals surface area contributed by atoms with Crippen molar-refractivity contribution >= 4 is 40.4 Å². The van der Waals surface area contributed by atoms with Crippen LogP contribution in [-0.4, -0.2) is 35.3 Å². The van der Waals surface area contributed by atoms with Crippen LogP contribution in [0.4, 0.5) is 5.69 Å². The number of halogens is 2. The van der Waals surface area contributed by atoms with Crippen LogP contribution in [0.5, 0.6) is 0 Å². The van der Waals surface area contributed by atoms with Crippen molar-refractivity contribution in [3.63, 3.8) is 0 Å². The highest BCUT2D eigenvalue weighted by atomic mass is 35.5. The molecule has 4 heterocycles. The Morgan fingerprint density at radius 1 is 1.18 bits per heavy atom. The lowest BCUT2D eigenvalue weighted by Gasteiger charge is -2.26. The summed E-state index contributed by atoms with van der Waals surface area (Å²) in [6, 6.07) is 5.31. The van der Waals surface area contributed by atoms with E-state index in [9.17, 15) is 4.79 Å². The summed E-state index contributed by atoms with van der Waals surface area (Å²) in [4.78, 5) is 22.3. The van der Waals surface area contributed by atoms with Gasteiger partial charge in [0.2, 0.25) is 5.91 Å². The first-order valence-electron chi connectivity index (χ1n) is 10.1. The fraction of sp³-hybridized carbons (Fsp3) is 0.273. The van der Waals surface area contributed by atoms with E-state index in [1.807, 2.05) is 13.0 Å². The molecule has 4 aromatic rings. The van der Waals surface area contributed by atoms with E-state index in [1.54, 1.807) is 22.8 Å². The van der Waals surface area contributed by atoms with Crippen LogP contribution in [-0.2, 0) is 15.6 Å². The second-order valence-electron chi connectivity index (χ2n) is 8.92. The highest BCUT2D eigenvalue weighted by Gasteiger charge is 2.51. The number of anilines is 1. The standard InChI is InChI=1S/C22H18Cl2N8O/c1-21(2)11-22(3,14-9-26-17-5-16(24)30-32(17)18(14)21)20(33)29-13-4-15(23)19(27-8-13)31-10-12(6-25)7-28-31/h4-5,7-10H,11H2,1-3H3,(H,29,33). The molecule has 1 N–H and O–H groups in total. The molecule has 5 rings (SSSR count). The van der Waals surface area contributed by atoms with E-state index in [0.29, 0.717) is 34.3 Å². The number of nitriles is 1. The number of aromatic nitrogens is 6. The second-order valence-corrected chi connectivity index (χ2v) is 9.71. The van der Waals surface area contributed by atoms with Crippen molar-refractivity contribution in [3.8, 4) is 11.9 Å². The number of fused-ring (bicyclic) bond motifs is 3. The minimum atomic E-state index is -0.854. The molecule has 1 unspecified atom stereocenters. The van der Waals surface area contributed by atoms with Gasteiger partial charge >= 0.3 is 0 Å². The number of amides is 1. The van der Waals surface area contributed by atoms with Crippen molar-refractivity contribution in [1.29, 1.82) is 5.26 Å². The van der Waals surface area contributed by atoms with E-state index in [4.69, 9.17) is 28.5 Å². The van der Waals surface area contributed by atoms with Crippen LogP contribution in [0.15, 0.2) is 36.9 Å². The van der Waals surface area contributed by atoms with Crippen LogP contribution >= 0.6 is 23.2 Å². The summed E-state index contributed by atoms with van der Waals surface area (Å²) < 4.78 is 3.14. The van der Waals surface area contributed by atoms with Gasteiger partial charge < -0.3 is 5.32 Å². The van der Waals surface area contributed by atoms with Crippen LogP contribution < -0.4 is 5.32 Å². The van der Waals surface area contributed by atoms with Crippen molar-refractivity contribution in [1.82, 2.24) is 29.4 Å². The Hall–Kier alpha value is -3.48. The molecular formula is C22H18Cl2N8O. The molecule has 1 aliphatic rings. The zero-order valence-electron chi connectivity index (χ0n) is 18.0. The lowest BCUT2D eigenvalue weighted by Crippen LogP contribution is -2.37. The van der Waals surface area contributed by atoms with E-state index in [-0.39, 0.29) is 16.3 Å². The molecule has 1 atom stereocenters. The second kappa shape index (κ2) is 7.27. The lowest BCUT2D eigenvalue weighted by atomic mass is 9.79. The van der Waals surface area contributed by atoms with E-state index >= 15 is 0 Å².